The molecule has 0 radical (unpaired) electrons. The lowest BCUT2D eigenvalue weighted by Gasteiger charge is -2.35. The van der Waals surface area contributed by atoms with Crippen LogP contribution in [0.4, 0.5) is 10.5 Å². The molecule has 0 aliphatic carbocycles. The summed E-state index contributed by atoms with van der Waals surface area (Å²) in [6.07, 6.45) is 3.52. The average Bonchev–Trinajstić information content (AvgIpc) is 2.62. The third-order valence-electron chi connectivity index (χ3n) is 4.55. The number of hydrogen-bond donors (Lipinski definition) is 2. The molecule has 1 saturated heterocycles. The van der Waals surface area contributed by atoms with Crippen molar-refractivity contribution in [2.24, 2.45) is 0 Å². The van der Waals surface area contributed by atoms with Crippen LogP contribution in [0.3, 0.4) is 0 Å². The number of benzene rings is 1. The van der Waals surface area contributed by atoms with Crippen molar-refractivity contribution in [2.45, 2.75) is 58.8 Å². The van der Waals surface area contributed by atoms with E-state index in [2.05, 4.69) is 42.4 Å². The fraction of sp³-hybridized carbons (Fsp3) is 0.667. The predicted molar refractivity (Wildman–Crippen MR) is 109 cm³/mol. The lowest BCUT2D eigenvalue weighted by Crippen LogP contribution is -2.45. The van der Waals surface area contributed by atoms with Crippen LogP contribution >= 0.6 is 0 Å². The van der Waals surface area contributed by atoms with E-state index in [1.54, 1.807) is 0 Å². The van der Waals surface area contributed by atoms with Crippen LogP contribution in [0.5, 0.6) is 0 Å². The number of nitrogens with zero attached hydrogens (tertiary/aromatic N) is 1. The molecule has 2 N–H and O–H groups in total. The van der Waals surface area contributed by atoms with Gasteiger partial charge in [-0.05, 0) is 38.3 Å². The number of morpholine rings is 1. The first kappa shape index (κ1) is 21.7. The maximum atomic E-state index is 12.2. The minimum atomic E-state index is -0.167. The number of anilines is 1. The number of hydrogen-bond acceptors (Lipinski definition) is 4. The molecule has 0 spiro atoms. The summed E-state index contributed by atoms with van der Waals surface area (Å²) in [6.45, 7) is 11.1. The van der Waals surface area contributed by atoms with Crippen molar-refractivity contribution >= 4 is 11.7 Å². The fourth-order valence-electron chi connectivity index (χ4n) is 3.33. The average molecular weight is 378 g/mol. The minimum absolute atomic E-state index is 0.167. The molecule has 0 aromatic heterocycles. The SMILES string of the molecule is CCCCOCCCNC(=O)Nc1ccccc1CN1CC(C)OC(C)C1. The van der Waals surface area contributed by atoms with Gasteiger partial charge >= 0.3 is 6.03 Å². The predicted octanol–water partition coefficient (Wildman–Crippen LogP) is 3.62. The second kappa shape index (κ2) is 12.0. The Hall–Kier alpha value is -1.63. The number of carbonyl (C=O) groups excluding carboxylic acids is 1. The Morgan fingerprint density at radius 2 is 1.89 bits per heavy atom. The van der Waals surface area contributed by atoms with Crippen molar-refractivity contribution in [3.63, 3.8) is 0 Å². The zero-order valence-corrected chi connectivity index (χ0v) is 17.0. The number of para-hydroxylation sites is 1. The van der Waals surface area contributed by atoms with E-state index < -0.39 is 0 Å². The molecular formula is C21H35N3O3. The van der Waals surface area contributed by atoms with Gasteiger partial charge in [0.05, 0.1) is 12.2 Å². The van der Waals surface area contributed by atoms with Gasteiger partial charge in [-0.3, -0.25) is 4.90 Å². The smallest absolute Gasteiger partial charge is 0.319 e. The highest BCUT2D eigenvalue weighted by molar-refractivity contribution is 5.90. The third kappa shape index (κ3) is 8.28. The Morgan fingerprint density at radius 1 is 1.19 bits per heavy atom. The summed E-state index contributed by atoms with van der Waals surface area (Å²) in [5.74, 6) is 0. The largest absolute Gasteiger partial charge is 0.381 e. The van der Waals surface area contributed by atoms with Crippen LogP contribution in [0.1, 0.15) is 45.6 Å². The number of amides is 2. The van der Waals surface area contributed by atoms with Gasteiger partial charge in [0.2, 0.25) is 0 Å². The van der Waals surface area contributed by atoms with Gasteiger partial charge in [-0.1, -0.05) is 31.5 Å². The molecule has 0 bridgehead atoms. The molecule has 27 heavy (non-hydrogen) atoms. The van der Waals surface area contributed by atoms with Crippen LogP contribution in [-0.2, 0) is 16.0 Å². The van der Waals surface area contributed by atoms with Gasteiger partial charge in [0, 0.05) is 45.1 Å². The molecule has 1 aromatic carbocycles. The normalized spacial score (nSPS) is 20.4. The van der Waals surface area contributed by atoms with E-state index in [1.165, 1.54) is 0 Å². The zero-order valence-electron chi connectivity index (χ0n) is 17.0. The van der Waals surface area contributed by atoms with Gasteiger partial charge in [0.1, 0.15) is 0 Å². The summed E-state index contributed by atoms with van der Waals surface area (Å²) in [4.78, 5) is 14.6. The Morgan fingerprint density at radius 3 is 2.63 bits per heavy atom. The van der Waals surface area contributed by atoms with Gasteiger partial charge in [0.15, 0.2) is 0 Å². The van der Waals surface area contributed by atoms with Crippen LogP contribution in [0.15, 0.2) is 24.3 Å². The molecule has 1 fully saturated rings. The fourth-order valence-corrected chi connectivity index (χ4v) is 3.33. The molecule has 0 saturated carbocycles. The lowest BCUT2D eigenvalue weighted by atomic mass is 10.1. The van der Waals surface area contributed by atoms with E-state index >= 15 is 0 Å². The summed E-state index contributed by atoms with van der Waals surface area (Å²) in [5, 5.41) is 5.89. The Labute approximate surface area is 163 Å². The molecule has 1 aliphatic rings. The number of rotatable bonds is 10. The van der Waals surface area contributed by atoms with E-state index in [9.17, 15) is 4.79 Å². The summed E-state index contributed by atoms with van der Waals surface area (Å²) in [6, 6.07) is 7.82. The summed E-state index contributed by atoms with van der Waals surface area (Å²) in [7, 11) is 0. The van der Waals surface area contributed by atoms with Crippen molar-refractivity contribution < 1.29 is 14.3 Å². The summed E-state index contributed by atoms with van der Waals surface area (Å²) < 4.78 is 11.3. The first-order chi connectivity index (χ1) is 13.1. The van der Waals surface area contributed by atoms with E-state index in [4.69, 9.17) is 9.47 Å². The van der Waals surface area contributed by atoms with Crippen molar-refractivity contribution in [2.75, 3.05) is 38.2 Å². The van der Waals surface area contributed by atoms with Crippen molar-refractivity contribution in [3.8, 4) is 0 Å². The van der Waals surface area contributed by atoms with Crippen molar-refractivity contribution in [1.29, 1.82) is 0 Å². The topological polar surface area (TPSA) is 62.8 Å². The molecule has 6 heteroatoms. The molecular weight excluding hydrogens is 342 g/mol. The third-order valence-corrected chi connectivity index (χ3v) is 4.55. The second-order valence-corrected chi connectivity index (χ2v) is 7.31. The van der Waals surface area contributed by atoms with Crippen molar-refractivity contribution in [1.82, 2.24) is 10.2 Å². The summed E-state index contributed by atoms with van der Waals surface area (Å²) in [5.41, 5.74) is 1.98. The number of ether oxygens (including phenoxy) is 2. The van der Waals surface area contributed by atoms with Crippen LogP contribution < -0.4 is 10.6 Å². The zero-order chi connectivity index (χ0) is 19.5. The molecule has 152 valence electrons. The number of nitrogens with one attached hydrogen (secondary N) is 2. The molecule has 1 aliphatic heterocycles. The maximum absolute atomic E-state index is 12.2. The van der Waals surface area contributed by atoms with Crippen LogP contribution in [0.2, 0.25) is 0 Å². The van der Waals surface area contributed by atoms with E-state index in [1.807, 2.05) is 18.2 Å². The standard InChI is InChI=1S/C21H35N3O3/c1-4-5-12-26-13-8-11-22-21(25)23-20-10-7-6-9-19(20)16-24-14-17(2)27-18(3)15-24/h6-7,9-10,17-18H,4-5,8,11-16H2,1-3H3,(H2,22,23,25). The van der Waals surface area contributed by atoms with Crippen LogP contribution in [-0.4, -0.2) is 56.0 Å². The van der Waals surface area contributed by atoms with Crippen LogP contribution in [0, 0.1) is 0 Å². The molecule has 2 rings (SSSR count). The van der Waals surface area contributed by atoms with E-state index in [-0.39, 0.29) is 18.2 Å². The lowest BCUT2D eigenvalue weighted by molar-refractivity contribution is -0.0704. The maximum Gasteiger partial charge on any atom is 0.319 e. The monoisotopic (exact) mass is 377 g/mol. The van der Waals surface area contributed by atoms with Crippen LogP contribution in [0.25, 0.3) is 0 Å². The molecule has 2 unspecified atom stereocenters. The molecule has 1 heterocycles. The Kier molecular flexibility index (Phi) is 9.59. The van der Waals surface area contributed by atoms with Gasteiger partial charge < -0.3 is 20.1 Å². The first-order valence-electron chi connectivity index (χ1n) is 10.2. The Bertz CT molecular complexity index is 557. The molecule has 1 aromatic rings. The van der Waals surface area contributed by atoms with Gasteiger partial charge in [-0.2, -0.15) is 0 Å². The van der Waals surface area contributed by atoms with E-state index in [0.29, 0.717) is 13.2 Å². The van der Waals surface area contributed by atoms with Gasteiger partial charge in [0.25, 0.3) is 0 Å². The molecule has 2 atom stereocenters. The van der Waals surface area contributed by atoms with Crippen molar-refractivity contribution in [3.05, 3.63) is 29.8 Å². The number of unbranched alkanes of at least 4 members (excludes halogenated alkanes) is 1. The quantitative estimate of drug-likeness (QED) is 0.611. The first-order valence-corrected chi connectivity index (χ1v) is 10.2. The van der Waals surface area contributed by atoms with E-state index in [0.717, 1.165) is 56.8 Å². The van der Waals surface area contributed by atoms with Gasteiger partial charge in [-0.15, -0.1) is 0 Å². The molecule has 6 nitrogen and oxygen atoms in total. The summed E-state index contributed by atoms with van der Waals surface area (Å²) >= 11 is 0. The highest BCUT2D eigenvalue weighted by Gasteiger charge is 2.22. The highest BCUT2D eigenvalue weighted by Crippen LogP contribution is 2.20. The highest BCUT2D eigenvalue weighted by atomic mass is 16.5. The minimum Gasteiger partial charge on any atom is -0.381 e. The second-order valence-electron chi connectivity index (χ2n) is 7.31. The van der Waals surface area contributed by atoms with Gasteiger partial charge in [-0.25, -0.2) is 4.79 Å². The number of carbonyl (C=O) groups is 1. The Balaban J connectivity index is 1.76. The molecule has 2 amide bonds. The number of urea groups is 1.